The van der Waals surface area contributed by atoms with Crippen LogP contribution in [0.5, 0.6) is 11.5 Å². The summed E-state index contributed by atoms with van der Waals surface area (Å²) in [6.45, 7) is 9.26. The topological polar surface area (TPSA) is 275 Å². The summed E-state index contributed by atoms with van der Waals surface area (Å²) in [4.78, 5) is 63.1. The van der Waals surface area contributed by atoms with Crippen LogP contribution in [0, 0.1) is 13.8 Å². The highest BCUT2D eigenvalue weighted by Crippen LogP contribution is 2.34. The second-order valence-corrected chi connectivity index (χ2v) is 14.4. The van der Waals surface area contributed by atoms with E-state index in [1.807, 2.05) is 39.8 Å². The zero-order valence-electron chi connectivity index (χ0n) is 34.4. The lowest BCUT2D eigenvalue weighted by Crippen LogP contribution is -2.26. The van der Waals surface area contributed by atoms with Crippen molar-refractivity contribution in [3.63, 3.8) is 0 Å². The molecular weight excluding hydrogens is 801 g/mol. The van der Waals surface area contributed by atoms with Crippen molar-refractivity contribution in [2.45, 2.75) is 66.7 Å². The molecule has 0 atom stereocenters. The highest BCUT2D eigenvalue weighted by Gasteiger charge is 2.24. The number of benzene rings is 2. The largest absolute Gasteiger partial charge is 0.491 e. The fraction of sp³-hybridized carbons (Fsp3) is 0.325. The summed E-state index contributed by atoms with van der Waals surface area (Å²) >= 11 is 0. The van der Waals surface area contributed by atoms with E-state index in [2.05, 4.69) is 46.8 Å². The van der Waals surface area contributed by atoms with Crippen LogP contribution in [0.2, 0.25) is 0 Å². The first-order valence-electron chi connectivity index (χ1n) is 20.0. The van der Waals surface area contributed by atoms with Crippen LogP contribution in [-0.4, -0.2) is 103 Å². The molecule has 0 fully saturated rings. The van der Waals surface area contributed by atoms with Crippen LogP contribution in [0.4, 0.5) is 11.9 Å². The second kappa shape index (κ2) is 17.4. The Balaban J connectivity index is 1.19. The Bertz CT molecular complexity index is 2870. The van der Waals surface area contributed by atoms with Gasteiger partial charge in [0.05, 0.1) is 35.6 Å². The van der Waals surface area contributed by atoms with Gasteiger partial charge in [-0.2, -0.15) is 10.2 Å². The minimum absolute atomic E-state index is 0.139. The second-order valence-electron chi connectivity index (χ2n) is 14.4. The molecule has 0 aliphatic carbocycles. The zero-order chi connectivity index (χ0) is 43.5. The van der Waals surface area contributed by atoms with E-state index >= 15 is 0 Å². The number of carbonyl (C=O) groups is 4. The molecule has 22 nitrogen and oxygen atoms in total. The molecule has 6 heterocycles. The number of carbonyl (C=O) groups excluding carboxylic acids is 4. The van der Waals surface area contributed by atoms with Crippen LogP contribution < -0.4 is 31.2 Å². The monoisotopic (exact) mass is 844 g/mol. The van der Waals surface area contributed by atoms with Crippen molar-refractivity contribution in [3.05, 3.63) is 88.3 Å². The maximum absolute atomic E-state index is 13.8. The van der Waals surface area contributed by atoms with Crippen LogP contribution in [0.1, 0.15) is 79.2 Å². The first kappa shape index (κ1) is 40.9. The van der Waals surface area contributed by atoms with E-state index < -0.39 is 17.7 Å². The summed E-state index contributed by atoms with van der Waals surface area (Å²) in [7, 11) is 0. The van der Waals surface area contributed by atoms with Crippen molar-refractivity contribution in [1.82, 2.24) is 64.6 Å². The van der Waals surface area contributed by atoms with Gasteiger partial charge in [0, 0.05) is 56.7 Å². The Morgan fingerprint density at radius 1 is 0.742 bits per heavy atom. The average Bonchev–Trinajstić information content (AvgIpc) is 4.10. The van der Waals surface area contributed by atoms with E-state index in [-0.39, 0.29) is 61.8 Å². The predicted molar refractivity (Wildman–Crippen MR) is 224 cm³/mol. The molecule has 320 valence electrons. The third kappa shape index (κ3) is 8.29. The van der Waals surface area contributed by atoms with Gasteiger partial charge < -0.3 is 29.7 Å². The molecule has 0 radical (unpaired) electrons. The van der Waals surface area contributed by atoms with Gasteiger partial charge in [-0.15, -0.1) is 5.10 Å². The van der Waals surface area contributed by atoms with Crippen LogP contribution in [0.15, 0.2) is 48.6 Å². The number of rotatable bonds is 11. The van der Waals surface area contributed by atoms with Gasteiger partial charge in [0.1, 0.15) is 39.7 Å². The van der Waals surface area contributed by atoms with Crippen molar-refractivity contribution in [2.24, 2.45) is 5.73 Å². The average molecular weight is 845 g/mol. The lowest BCUT2D eigenvalue weighted by Gasteiger charge is -2.14. The van der Waals surface area contributed by atoms with E-state index in [0.717, 1.165) is 0 Å². The number of ether oxygens (including phenoxy) is 2. The molecule has 0 bridgehead atoms. The van der Waals surface area contributed by atoms with Gasteiger partial charge in [-0.05, 0) is 74.5 Å². The quantitative estimate of drug-likeness (QED) is 0.117. The maximum atomic E-state index is 13.8. The molecule has 6 N–H and O–H groups in total. The Morgan fingerprint density at radius 2 is 1.27 bits per heavy atom. The standard InChI is InChI=1S/C40H44N16O6/c1-5-55-28(16-22(3)49-55)37(59)45-39-43-26-18-24(35(41)57)20-30-33(26)53(39)12-7-8-13-54-34-27(44-40(54)46-38(60)29-17-23(4)50-56(29)6-2)19-25(21-31(34)62-15-9-14-61-30)36(58)42-11-10-32-47-51-52-48-32/h7-8,16-21H,5-6,9-15H2,1-4H3,(H2,41,57)(H,42,58)(H,43,45,59)(H,44,46,60)(H,47,48,51,52)/b8-7+. The van der Waals surface area contributed by atoms with E-state index in [4.69, 9.17) is 25.2 Å². The summed E-state index contributed by atoms with van der Waals surface area (Å²) in [5, 5.41) is 31.3. The number of primary amides is 1. The highest BCUT2D eigenvalue weighted by atomic mass is 16.5. The molecule has 0 unspecified atom stereocenters. The summed E-state index contributed by atoms with van der Waals surface area (Å²) in [6.07, 6.45) is 4.47. The molecule has 22 heteroatoms. The number of nitrogens with one attached hydrogen (secondary N) is 4. The van der Waals surface area contributed by atoms with Gasteiger partial charge >= 0.3 is 0 Å². The number of hydrogen-bond acceptors (Lipinski definition) is 13. The Morgan fingerprint density at radius 3 is 1.77 bits per heavy atom. The molecule has 0 saturated heterocycles. The number of allylic oxidation sites excluding steroid dienone is 2. The number of aromatic amines is 1. The normalized spacial score (nSPS) is 13.5. The van der Waals surface area contributed by atoms with Crippen molar-refractivity contribution in [2.75, 3.05) is 30.4 Å². The molecule has 4 amide bonds. The Kier molecular flexibility index (Phi) is 11.4. The minimum Gasteiger partial charge on any atom is -0.491 e. The molecule has 62 heavy (non-hydrogen) atoms. The van der Waals surface area contributed by atoms with Gasteiger partial charge in [-0.1, -0.05) is 12.2 Å². The molecule has 0 spiro atoms. The van der Waals surface area contributed by atoms with E-state index in [0.29, 0.717) is 88.1 Å². The van der Waals surface area contributed by atoms with Gasteiger partial charge in [0.2, 0.25) is 17.8 Å². The molecular formula is C40H44N16O6. The zero-order valence-corrected chi connectivity index (χ0v) is 34.4. The lowest BCUT2D eigenvalue weighted by atomic mass is 10.1. The molecule has 1 aliphatic heterocycles. The first-order chi connectivity index (χ1) is 30.0. The number of H-pyrrole nitrogens is 1. The fourth-order valence-corrected chi connectivity index (χ4v) is 7.23. The number of nitrogens with two attached hydrogens (primary N) is 1. The molecule has 0 saturated carbocycles. The van der Waals surface area contributed by atoms with Crippen molar-refractivity contribution < 1.29 is 28.7 Å². The molecule has 2 aromatic carbocycles. The van der Waals surface area contributed by atoms with Gasteiger partial charge in [0.15, 0.2) is 0 Å². The van der Waals surface area contributed by atoms with E-state index in [1.54, 1.807) is 54.9 Å². The predicted octanol–water partition coefficient (Wildman–Crippen LogP) is 2.94. The van der Waals surface area contributed by atoms with Crippen LogP contribution >= 0.6 is 0 Å². The van der Waals surface area contributed by atoms with Crippen LogP contribution in [-0.2, 0) is 32.6 Å². The number of hydrogen-bond donors (Lipinski definition) is 5. The van der Waals surface area contributed by atoms with Crippen molar-refractivity contribution in [3.8, 4) is 11.5 Å². The number of amides is 4. The van der Waals surface area contributed by atoms with Crippen LogP contribution in [0.25, 0.3) is 22.1 Å². The maximum Gasteiger partial charge on any atom is 0.276 e. The third-order valence-electron chi connectivity index (χ3n) is 10.1. The highest BCUT2D eigenvalue weighted by molar-refractivity contribution is 6.05. The number of aromatic nitrogens is 12. The number of aryl methyl sites for hydroxylation is 4. The summed E-state index contributed by atoms with van der Waals surface area (Å²) in [5.74, 6) is -0.318. The van der Waals surface area contributed by atoms with Gasteiger partial charge in [-0.3, -0.25) is 39.2 Å². The number of tetrazole rings is 1. The Labute approximate surface area is 352 Å². The lowest BCUT2D eigenvalue weighted by molar-refractivity contribution is 0.0951. The van der Waals surface area contributed by atoms with Crippen LogP contribution in [0.3, 0.4) is 0 Å². The molecule has 8 rings (SSSR count). The van der Waals surface area contributed by atoms with E-state index in [9.17, 15) is 19.2 Å². The van der Waals surface area contributed by atoms with Crippen molar-refractivity contribution >= 4 is 57.6 Å². The molecule has 1 aliphatic rings. The fourth-order valence-electron chi connectivity index (χ4n) is 7.23. The smallest absolute Gasteiger partial charge is 0.276 e. The van der Waals surface area contributed by atoms with Gasteiger partial charge in [-0.25, -0.2) is 15.1 Å². The van der Waals surface area contributed by atoms with Gasteiger partial charge in [0.25, 0.3) is 17.7 Å². The van der Waals surface area contributed by atoms with Crippen molar-refractivity contribution in [1.29, 1.82) is 0 Å². The summed E-state index contributed by atoms with van der Waals surface area (Å²) in [5.41, 5.74) is 10.1. The first-order valence-corrected chi connectivity index (χ1v) is 20.0. The summed E-state index contributed by atoms with van der Waals surface area (Å²) < 4.78 is 19.5. The van der Waals surface area contributed by atoms with E-state index in [1.165, 1.54) is 0 Å². The number of nitrogens with zero attached hydrogens (tertiary/aromatic N) is 11. The Hall–Kier alpha value is -7.91. The summed E-state index contributed by atoms with van der Waals surface area (Å²) in [6, 6.07) is 9.77. The minimum atomic E-state index is -0.677. The number of anilines is 2. The SMILES string of the molecule is CCn1nc(C)cc1C(=O)Nc1nc2cc(C(N)=O)cc3c2n1C/C=C/Cn1c(NC(=O)c2cc(C)nn2CC)nc2cc(C(=O)NCCc4nnn[nH]4)cc(c21)OCCCO3. The number of imidazole rings is 2. The molecule has 7 aromatic rings. The third-order valence-corrected chi connectivity index (χ3v) is 10.1. The molecule has 5 aromatic heterocycles.